The van der Waals surface area contributed by atoms with E-state index in [4.69, 9.17) is 14.7 Å². The van der Waals surface area contributed by atoms with Crippen LogP contribution in [-0.4, -0.2) is 41.0 Å². The predicted molar refractivity (Wildman–Crippen MR) is 137 cm³/mol. The van der Waals surface area contributed by atoms with Crippen molar-refractivity contribution < 1.29 is 23.0 Å². The van der Waals surface area contributed by atoms with Gasteiger partial charge in [0.25, 0.3) is 0 Å². The number of ether oxygens (including phenoxy) is 2. The Morgan fingerprint density at radius 2 is 1.97 bits per heavy atom. The maximum Gasteiger partial charge on any atom is 0.337 e. The summed E-state index contributed by atoms with van der Waals surface area (Å²) in [6.07, 6.45) is 1.71. The van der Waals surface area contributed by atoms with Gasteiger partial charge in [0.1, 0.15) is 12.4 Å². The molecule has 1 N–H and O–H groups in total. The van der Waals surface area contributed by atoms with E-state index in [2.05, 4.69) is 14.9 Å². The summed E-state index contributed by atoms with van der Waals surface area (Å²) in [5.74, 6) is -0.599. The lowest BCUT2D eigenvalue weighted by atomic mass is 9.93. The third kappa shape index (κ3) is 5.36. The lowest BCUT2D eigenvalue weighted by Crippen LogP contribution is -2.33. The first-order valence-corrected chi connectivity index (χ1v) is 12.3. The molecule has 0 saturated carbocycles. The first-order chi connectivity index (χ1) is 18.4. The van der Waals surface area contributed by atoms with Crippen molar-refractivity contribution in [2.75, 3.05) is 20.2 Å². The summed E-state index contributed by atoms with van der Waals surface area (Å²) in [6.45, 7) is 2.00. The molecule has 1 aliphatic heterocycles. The van der Waals surface area contributed by atoms with Crippen molar-refractivity contribution in [2.45, 2.75) is 31.9 Å². The van der Waals surface area contributed by atoms with Crippen molar-refractivity contribution >= 4 is 16.9 Å². The molecule has 2 aromatic heterocycles. The van der Waals surface area contributed by atoms with Crippen molar-refractivity contribution in [3.63, 3.8) is 0 Å². The number of nitrogens with one attached hydrogen (secondary N) is 1. The number of benzene rings is 2. The van der Waals surface area contributed by atoms with Gasteiger partial charge < -0.3 is 14.5 Å². The van der Waals surface area contributed by atoms with Crippen LogP contribution in [0.1, 0.15) is 51.6 Å². The van der Waals surface area contributed by atoms with Gasteiger partial charge in [-0.1, -0.05) is 12.1 Å². The highest BCUT2D eigenvalue weighted by molar-refractivity contribution is 5.94. The molecule has 0 spiro atoms. The van der Waals surface area contributed by atoms with Crippen LogP contribution in [0.15, 0.2) is 54.6 Å². The van der Waals surface area contributed by atoms with Gasteiger partial charge in [0, 0.05) is 40.7 Å². The molecule has 0 amide bonds. The second kappa shape index (κ2) is 11.0. The van der Waals surface area contributed by atoms with Crippen LogP contribution in [0.25, 0.3) is 10.9 Å². The molecule has 1 aliphatic rings. The fraction of sp³-hybridized carbons (Fsp3) is 0.276. The van der Waals surface area contributed by atoms with E-state index >= 15 is 4.39 Å². The van der Waals surface area contributed by atoms with Gasteiger partial charge in [-0.3, -0.25) is 4.90 Å². The van der Waals surface area contributed by atoms with E-state index in [9.17, 15) is 9.18 Å². The number of H-pyrrole nitrogens is 1. The number of nitriles is 1. The molecule has 1 fully saturated rings. The Bertz CT molecular complexity index is 1520. The molecule has 194 valence electrons. The maximum absolute atomic E-state index is 15.0. The summed E-state index contributed by atoms with van der Waals surface area (Å²) in [7, 11) is 1.31. The normalized spacial score (nSPS) is 14.4. The van der Waals surface area contributed by atoms with Gasteiger partial charge in [-0.25, -0.2) is 18.6 Å². The monoisotopic (exact) mass is 516 g/mol. The number of aromatic nitrogens is 2. The average Bonchev–Trinajstić information content (AvgIpc) is 3.26. The minimum atomic E-state index is -0.483. The van der Waals surface area contributed by atoms with Crippen molar-refractivity contribution in [1.82, 2.24) is 14.9 Å². The standard InChI is InChI=1S/C29H26F2N4O3/c1-37-29(36)20-7-8-22-25(14-20)33-26(28(22)31)16-35-11-9-19(10-12-35)24-3-2-4-27(34-24)38-17-21-6-5-18(15-32)13-23(21)30/h2-8,13-14,19,33H,9-12,16-17H2,1H3. The quantitative estimate of drug-likeness (QED) is 0.328. The summed E-state index contributed by atoms with van der Waals surface area (Å²) in [6, 6.07) is 16.6. The number of pyridine rings is 1. The number of methoxy groups -OCH3 is 1. The fourth-order valence-electron chi connectivity index (χ4n) is 4.81. The van der Waals surface area contributed by atoms with E-state index in [0.717, 1.165) is 31.6 Å². The highest BCUT2D eigenvalue weighted by Gasteiger charge is 2.24. The van der Waals surface area contributed by atoms with E-state index < -0.39 is 11.8 Å². The zero-order chi connectivity index (χ0) is 26.6. The summed E-state index contributed by atoms with van der Waals surface area (Å²) in [4.78, 5) is 21.7. The van der Waals surface area contributed by atoms with E-state index in [1.54, 1.807) is 36.4 Å². The third-order valence-corrected chi connectivity index (χ3v) is 6.92. The SMILES string of the molecule is COC(=O)c1ccc2c(F)c(CN3CCC(c4cccc(OCc5ccc(C#N)cc5F)n4)CC3)[nH]c2c1. The summed E-state index contributed by atoms with van der Waals surface area (Å²) < 4.78 is 39.6. The summed E-state index contributed by atoms with van der Waals surface area (Å²) >= 11 is 0. The minimum Gasteiger partial charge on any atom is -0.473 e. The predicted octanol–water partition coefficient (Wildman–Crippen LogP) is 5.46. The number of piperidine rings is 1. The van der Waals surface area contributed by atoms with E-state index in [-0.39, 0.29) is 23.9 Å². The van der Waals surface area contributed by atoms with Gasteiger partial charge in [0.15, 0.2) is 5.82 Å². The largest absolute Gasteiger partial charge is 0.473 e. The number of rotatable bonds is 7. The van der Waals surface area contributed by atoms with Gasteiger partial charge in [0.2, 0.25) is 5.88 Å². The number of aromatic amines is 1. The highest BCUT2D eigenvalue weighted by atomic mass is 19.1. The number of carbonyl (C=O) groups is 1. The van der Waals surface area contributed by atoms with E-state index in [1.165, 1.54) is 13.2 Å². The molecule has 3 heterocycles. The smallest absolute Gasteiger partial charge is 0.337 e. The number of esters is 1. The highest BCUT2D eigenvalue weighted by Crippen LogP contribution is 2.30. The molecule has 0 aliphatic carbocycles. The van der Waals surface area contributed by atoms with E-state index in [1.807, 2.05) is 18.2 Å². The zero-order valence-corrected chi connectivity index (χ0v) is 20.8. The lowest BCUT2D eigenvalue weighted by Gasteiger charge is -2.31. The molecule has 7 nitrogen and oxygen atoms in total. The summed E-state index contributed by atoms with van der Waals surface area (Å²) in [5.41, 5.74) is 2.96. The number of nitrogens with zero attached hydrogens (tertiary/aromatic N) is 3. The Balaban J connectivity index is 1.19. The molecule has 0 atom stereocenters. The van der Waals surface area contributed by atoms with Crippen LogP contribution >= 0.6 is 0 Å². The molecule has 0 unspecified atom stereocenters. The minimum absolute atomic E-state index is 0.0175. The number of fused-ring (bicyclic) bond motifs is 1. The maximum atomic E-state index is 15.0. The molecule has 4 aromatic rings. The molecule has 2 aromatic carbocycles. The van der Waals surface area contributed by atoms with Crippen LogP contribution in [0.3, 0.4) is 0 Å². The Labute approximate surface area is 218 Å². The first-order valence-electron chi connectivity index (χ1n) is 12.3. The molecule has 0 radical (unpaired) electrons. The van der Waals surface area contributed by atoms with Gasteiger partial charge in [-0.15, -0.1) is 0 Å². The van der Waals surface area contributed by atoms with Crippen LogP contribution in [0.4, 0.5) is 8.78 Å². The van der Waals surface area contributed by atoms with Crippen LogP contribution in [0.2, 0.25) is 0 Å². The number of hydrogen-bond acceptors (Lipinski definition) is 6. The van der Waals surface area contributed by atoms with Gasteiger partial charge in [-0.2, -0.15) is 5.26 Å². The van der Waals surface area contributed by atoms with Crippen molar-refractivity contribution in [1.29, 1.82) is 5.26 Å². The lowest BCUT2D eigenvalue weighted by molar-refractivity contribution is 0.0601. The van der Waals surface area contributed by atoms with Crippen LogP contribution < -0.4 is 4.74 Å². The Morgan fingerprint density at radius 1 is 1.16 bits per heavy atom. The molecule has 9 heteroatoms. The molecule has 0 bridgehead atoms. The van der Waals surface area contributed by atoms with Crippen LogP contribution in [0.5, 0.6) is 5.88 Å². The van der Waals surface area contributed by atoms with Crippen molar-refractivity contribution in [3.05, 3.63) is 94.3 Å². The molecule has 38 heavy (non-hydrogen) atoms. The molecule has 5 rings (SSSR count). The second-order valence-corrected chi connectivity index (χ2v) is 9.33. The molecular weight excluding hydrogens is 490 g/mol. The fourth-order valence-corrected chi connectivity index (χ4v) is 4.81. The topological polar surface area (TPSA) is 91.2 Å². The number of hydrogen-bond donors (Lipinski definition) is 1. The number of halogens is 2. The molecular formula is C29H26F2N4O3. The van der Waals surface area contributed by atoms with Gasteiger partial charge >= 0.3 is 5.97 Å². The van der Waals surface area contributed by atoms with Crippen LogP contribution in [0, 0.1) is 23.0 Å². The summed E-state index contributed by atoms with van der Waals surface area (Å²) in [5, 5.41) is 9.34. The first kappa shape index (κ1) is 25.4. The van der Waals surface area contributed by atoms with E-state index in [0.29, 0.717) is 40.1 Å². The zero-order valence-electron chi connectivity index (χ0n) is 20.8. The van der Waals surface area contributed by atoms with Crippen LogP contribution in [-0.2, 0) is 17.9 Å². The van der Waals surface area contributed by atoms with Crippen molar-refractivity contribution in [2.24, 2.45) is 0 Å². The Morgan fingerprint density at radius 3 is 2.71 bits per heavy atom. The Hall–Kier alpha value is -4.29. The third-order valence-electron chi connectivity index (χ3n) is 6.92. The second-order valence-electron chi connectivity index (χ2n) is 9.33. The average molecular weight is 517 g/mol. The number of likely N-dealkylation sites (tertiary alicyclic amines) is 1. The van der Waals surface area contributed by atoms with Gasteiger partial charge in [-0.05, 0) is 62.3 Å². The Kier molecular flexibility index (Phi) is 7.33. The van der Waals surface area contributed by atoms with Gasteiger partial charge in [0.05, 0.1) is 30.0 Å². The molecule has 1 saturated heterocycles. The van der Waals surface area contributed by atoms with Crippen molar-refractivity contribution in [3.8, 4) is 11.9 Å². The number of carbonyl (C=O) groups excluding carboxylic acids is 1.